The normalized spacial score (nSPS) is 23.3. The van der Waals surface area contributed by atoms with Crippen LogP contribution in [0.4, 0.5) is 0 Å². The lowest BCUT2D eigenvalue weighted by Gasteiger charge is -2.42. The maximum Gasteiger partial charge on any atom is 0.330 e. The summed E-state index contributed by atoms with van der Waals surface area (Å²) in [5.41, 5.74) is 5.36. The van der Waals surface area contributed by atoms with Crippen molar-refractivity contribution in [3.63, 3.8) is 0 Å². The van der Waals surface area contributed by atoms with Gasteiger partial charge in [-0.1, -0.05) is 121 Å². The molecule has 0 aromatic heterocycles. The molecule has 0 radical (unpaired) electrons. The number of rotatable bonds is 17. The second kappa shape index (κ2) is 34.6. The van der Waals surface area contributed by atoms with Crippen LogP contribution in [0.1, 0.15) is 101 Å². The number of likely N-dealkylation sites (N-methyl/N-ethyl adjacent to an activating group) is 1. The molecule has 14 rings (SSSR count). The standard InChI is InChI=1S/C79H76Cl3N9O22/c1-34(2)23-49(84-3)72(101)90-63-65(96)40-16-21-53(47(81)25-40)110-55-27-42-28-56(69(55)113-79-68(99)70(109-33-35-9-18-43(80)19-10-35)67(98)57(112-79)32-85-71(100)38-13-11-37(12-14-38)36-7-5-4-6-8-36)111-54-22-17-41(26-48(54)82)66(97)64-77(106)89-62(78(107)108)46-29-44(92)30-52(94)59(46)45-24-39(15-20-51(45)93)60(74(103)91-64)88-75(104)61(42)87-73(102)50(31-58(83)95)86-76(63)105/h4-22,24-30,34,49-50,57,60-68,70,79,84,92-94,96-99H,23,31-33H2,1-3H3,(H2,83,95)(H,85,100)(H,86,105)(H,87,102)(H,88,104)(H,89,106)(H,90,101)(H,91,103)(H,107,108)/t49-,50+,57-,60-,61-,62+,63-,64+,65-,66-,67-,68-,70+,79+/m1/s1. The molecule has 11 bridgehead atoms. The predicted octanol–water partition coefficient (Wildman–Crippen LogP) is 5.85. The third-order valence-electron chi connectivity index (χ3n) is 19.3. The van der Waals surface area contributed by atoms with Crippen molar-refractivity contribution in [2.45, 2.75) is 119 Å². The molecule has 31 nitrogen and oxygen atoms in total. The van der Waals surface area contributed by atoms with E-state index in [1.807, 2.05) is 44.2 Å². The van der Waals surface area contributed by atoms with Crippen molar-refractivity contribution in [2.75, 3.05) is 13.6 Å². The van der Waals surface area contributed by atoms with Crippen molar-refractivity contribution in [1.82, 2.24) is 42.5 Å². The van der Waals surface area contributed by atoms with E-state index in [2.05, 4.69) is 42.5 Å². The minimum Gasteiger partial charge on any atom is -0.508 e. The van der Waals surface area contributed by atoms with Gasteiger partial charge in [-0.25, -0.2) is 4.79 Å². The molecular formula is C79H76Cl3N9O22. The SMILES string of the molecule is CN[C@H](CC(C)C)C(=O)N[C@H]1C(=O)N[C@@H](CC(N)=O)C(=O)N[C@H]2C(=O)N[C@H]3C(=O)N[C@H](C(=O)N[C@H](C(=O)O)c4cc(O)cc(O)c4-c4cc3ccc4O)[C@H](O)c3ccc(c(Cl)c3)Oc3cc2cc(c3O[C@@H]2O[C@H](CNC(=O)c3ccc(-c4ccccc4)cc3)[C@@H](O)[C@H](OCc3ccc(Cl)cc3)[C@H]2O)Oc2ccc(cc2Cl)[C@H]1O. The Bertz CT molecular complexity index is 5010. The van der Waals surface area contributed by atoms with Gasteiger partial charge in [0.05, 0.1) is 29.1 Å². The molecule has 0 unspecified atom stereocenters. The van der Waals surface area contributed by atoms with Crippen LogP contribution in [0, 0.1) is 5.92 Å². The van der Waals surface area contributed by atoms with E-state index in [0.717, 1.165) is 77.9 Å². The number of carboxylic acids is 1. The number of halogens is 3. The quantitative estimate of drug-likeness (QED) is 0.0508. The number of phenolic OH excluding ortho intramolecular Hbond substituents is 3. The van der Waals surface area contributed by atoms with Crippen LogP contribution in [-0.4, -0.2) is 163 Å². The van der Waals surface area contributed by atoms with Crippen molar-refractivity contribution in [2.24, 2.45) is 11.7 Å². The molecule has 0 spiro atoms. The van der Waals surface area contributed by atoms with E-state index in [1.54, 1.807) is 48.5 Å². The molecule has 1 fully saturated rings. The molecule has 1 saturated heterocycles. The number of fused-ring (bicyclic) bond motifs is 15. The highest BCUT2D eigenvalue weighted by Crippen LogP contribution is 2.50. The average Bonchev–Trinajstić information content (AvgIpc) is 0.760. The van der Waals surface area contributed by atoms with Crippen LogP contribution in [0.2, 0.25) is 15.1 Å². The highest BCUT2D eigenvalue weighted by atomic mass is 35.5. The number of nitrogens with one attached hydrogen (secondary N) is 8. The molecule has 14 atom stereocenters. The number of benzene rings is 8. The molecule has 0 saturated carbocycles. The molecule has 113 heavy (non-hydrogen) atoms. The first-order chi connectivity index (χ1) is 53.9. The van der Waals surface area contributed by atoms with Gasteiger partial charge in [0.2, 0.25) is 53.4 Å². The van der Waals surface area contributed by atoms with Crippen LogP contribution in [0.3, 0.4) is 0 Å². The van der Waals surface area contributed by atoms with E-state index in [4.69, 9.17) is 64.2 Å². The first-order valence-corrected chi connectivity index (χ1v) is 36.4. The Kier molecular flexibility index (Phi) is 24.7. The van der Waals surface area contributed by atoms with Gasteiger partial charge in [0.1, 0.15) is 95.6 Å². The van der Waals surface area contributed by atoms with Gasteiger partial charge < -0.3 is 113 Å². The molecule has 590 valence electrons. The Morgan fingerprint density at radius 1 is 0.611 bits per heavy atom. The van der Waals surface area contributed by atoms with E-state index in [9.17, 15) is 69.6 Å². The van der Waals surface area contributed by atoms with Crippen LogP contribution < -0.4 is 62.5 Å². The van der Waals surface area contributed by atoms with E-state index < -0.39 is 213 Å². The van der Waals surface area contributed by atoms with Gasteiger partial charge in [0.15, 0.2) is 17.5 Å². The first kappa shape index (κ1) is 80.9. The summed E-state index contributed by atoms with van der Waals surface area (Å²) in [4.78, 5) is 132. The smallest absolute Gasteiger partial charge is 0.330 e. The van der Waals surface area contributed by atoms with E-state index in [1.165, 1.54) is 19.2 Å². The molecule has 8 aromatic rings. The number of carbonyl (C=O) groups is 9. The number of carboxylic acid groups (broad SMARTS) is 1. The second-order valence-electron chi connectivity index (χ2n) is 27.6. The lowest BCUT2D eigenvalue weighted by atomic mass is 9.89. The number of carbonyl (C=O) groups excluding carboxylic acids is 8. The molecule has 34 heteroatoms. The summed E-state index contributed by atoms with van der Waals surface area (Å²) in [6.45, 7) is 2.86. The Morgan fingerprint density at radius 2 is 1.22 bits per heavy atom. The maximum atomic E-state index is 16.2. The van der Waals surface area contributed by atoms with Gasteiger partial charge in [-0.05, 0) is 137 Å². The lowest BCUT2D eigenvalue weighted by molar-refractivity contribution is -0.281. The number of aliphatic hydroxyl groups excluding tert-OH is 4. The second-order valence-corrected chi connectivity index (χ2v) is 28.8. The third-order valence-corrected chi connectivity index (χ3v) is 20.1. The Hall–Kier alpha value is -11.6. The van der Waals surface area contributed by atoms with E-state index >= 15 is 14.4 Å². The number of aliphatic hydroxyl groups is 4. The average molecular weight is 1610 g/mol. The molecule has 6 aliphatic rings. The van der Waals surface area contributed by atoms with Crippen molar-refractivity contribution >= 4 is 88.0 Å². The zero-order valence-electron chi connectivity index (χ0n) is 60.0. The summed E-state index contributed by atoms with van der Waals surface area (Å²) in [5.74, 6) is -16.5. The summed E-state index contributed by atoms with van der Waals surface area (Å²) in [6.07, 6.45) is -14.3. The van der Waals surface area contributed by atoms with Crippen LogP contribution in [0.5, 0.6) is 46.0 Å². The molecule has 6 heterocycles. The summed E-state index contributed by atoms with van der Waals surface area (Å²) >= 11 is 20.5. The third kappa shape index (κ3) is 18.1. The Labute approximate surface area is 658 Å². The fourth-order valence-electron chi connectivity index (χ4n) is 13.4. The van der Waals surface area contributed by atoms with Gasteiger partial charge in [-0.15, -0.1) is 0 Å². The number of aromatic hydroxyl groups is 3. The predicted molar refractivity (Wildman–Crippen MR) is 404 cm³/mol. The molecule has 8 amide bonds. The zero-order valence-corrected chi connectivity index (χ0v) is 62.3. The highest BCUT2D eigenvalue weighted by molar-refractivity contribution is 6.32. The number of phenols is 3. The van der Waals surface area contributed by atoms with Gasteiger partial charge >= 0.3 is 5.97 Å². The summed E-state index contributed by atoms with van der Waals surface area (Å²) in [6, 6.07) is 21.9. The van der Waals surface area contributed by atoms with Gasteiger partial charge in [-0.2, -0.15) is 0 Å². The fourth-order valence-corrected chi connectivity index (χ4v) is 14.0. The number of primary amides is 1. The summed E-state index contributed by atoms with van der Waals surface area (Å²) < 4.78 is 32.9. The van der Waals surface area contributed by atoms with Crippen LogP contribution in [0.25, 0.3) is 22.3 Å². The number of hydrogen-bond acceptors (Lipinski definition) is 22. The van der Waals surface area contributed by atoms with Crippen LogP contribution in [-0.2, 0) is 54.4 Å². The van der Waals surface area contributed by atoms with Crippen molar-refractivity contribution in [1.29, 1.82) is 0 Å². The van der Waals surface area contributed by atoms with Gasteiger partial charge in [0.25, 0.3) is 5.91 Å². The van der Waals surface area contributed by atoms with E-state index in [-0.39, 0.29) is 57.7 Å². The number of amides is 8. The van der Waals surface area contributed by atoms with Crippen molar-refractivity contribution in [3.8, 4) is 68.2 Å². The minimum absolute atomic E-state index is 0.102. The maximum absolute atomic E-state index is 16.2. The Balaban J connectivity index is 1.06. The molecule has 0 aliphatic carbocycles. The van der Waals surface area contributed by atoms with Gasteiger partial charge in [0, 0.05) is 39.9 Å². The van der Waals surface area contributed by atoms with Crippen molar-refractivity contribution in [3.05, 3.63) is 212 Å². The van der Waals surface area contributed by atoms with Crippen molar-refractivity contribution < 1.29 is 108 Å². The molecular weight excluding hydrogens is 1530 g/mol. The zero-order chi connectivity index (χ0) is 81.0. The van der Waals surface area contributed by atoms with E-state index in [0.29, 0.717) is 10.6 Å². The molecule has 8 aromatic carbocycles. The van der Waals surface area contributed by atoms with Gasteiger partial charge in [-0.3, -0.25) is 38.4 Å². The summed E-state index contributed by atoms with van der Waals surface area (Å²) in [7, 11) is 1.48. The first-order valence-electron chi connectivity index (χ1n) is 35.3. The highest BCUT2D eigenvalue weighted by Gasteiger charge is 2.49. The van der Waals surface area contributed by atoms with Crippen LogP contribution >= 0.6 is 34.8 Å². The number of ether oxygens (including phenoxy) is 5. The summed E-state index contributed by atoms with van der Waals surface area (Å²) in [5, 5.41) is 114. The lowest BCUT2D eigenvalue weighted by Crippen LogP contribution is -2.62. The monoisotopic (exact) mass is 1610 g/mol. The molecule has 18 N–H and O–H groups in total. The Morgan fingerprint density at radius 3 is 1.84 bits per heavy atom. The molecule has 6 aliphatic heterocycles. The fraction of sp³-hybridized carbons (Fsp3) is 0.278. The number of hydrogen-bond donors (Lipinski definition) is 17. The van der Waals surface area contributed by atoms with Crippen LogP contribution in [0.15, 0.2) is 158 Å². The number of nitrogens with two attached hydrogens (primary N) is 1. The largest absolute Gasteiger partial charge is 0.508 e. The number of aliphatic carboxylic acids is 1. The topological polar surface area (TPSA) is 484 Å². The minimum atomic E-state index is -2.35.